The second kappa shape index (κ2) is 6.21. The number of esters is 1. The average Bonchev–Trinajstić information content (AvgIpc) is 2.68. The maximum atomic E-state index is 11.9. The van der Waals surface area contributed by atoms with Crippen LogP contribution in [0.2, 0.25) is 0 Å². The van der Waals surface area contributed by atoms with E-state index in [9.17, 15) is 9.59 Å². The monoisotopic (exact) mass is 300 g/mol. The minimum Gasteiger partial charge on any atom is -0.462 e. The molecule has 7 heteroatoms. The number of carbonyl (C=O) groups is 2. The van der Waals surface area contributed by atoms with Gasteiger partial charge in [0.1, 0.15) is 10.5 Å². The average molecular weight is 300 g/mol. The van der Waals surface area contributed by atoms with Crippen LogP contribution in [0.3, 0.4) is 0 Å². The molecule has 1 heterocycles. The lowest BCUT2D eigenvalue weighted by atomic mass is 10.2. The summed E-state index contributed by atoms with van der Waals surface area (Å²) in [6, 6.07) is 0. The van der Waals surface area contributed by atoms with E-state index < -0.39 is 17.7 Å². The van der Waals surface area contributed by atoms with Gasteiger partial charge in [0, 0.05) is 7.05 Å². The van der Waals surface area contributed by atoms with Crippen LogP contribution >= 0.6 is 11.3 Å². The summed E-state index contributed by atoms with van der Waals surface area (Å²) in [6.45, 7) is 9.10. The fourth-order valence-electron chi connectivity index (χ4n) is 1.32. The molecule has 0 saturated heterocycles. The van der Waals surface area contributed by atoms with Crippen molar-refractivity contribution < 1.29 is 19.1 Å². The van der Waals surface area contributed by atoms with Crippen molar-refractivity contribution in [3.05, 3.63) is 10.6 Å². The summed E-state index contributed by atoms with van der Waals surface area (Å²) in [6.07, 6.45) is -0.512. The first kappa shape index (κ1) is 16.4. The molecular weight excluding hydrogens is 280 g/mol. The van der Waals surface area contributed by atoms with E-state index in [1.54, 1.807) is 41.7 Å². The van der Waals surface area contributed by atoms with Gasteiger partial charge in [-0.1, -0.05) is 11.3 Å². The summed E-state index contributed by atoms with van der Waals surface area (Å²) in [7, 11) is 1.56. The first-order valence-electron chi connectivity index (χ1n) is 6.27. The van der Waals surface area contributed by atoms with E-state index in [0.29, 0.717) is 22.3 Å². The Morgan fingerprint density at radius 3 is 2.45 bits per heavy atom. The van der Waals surface area contributed by atoms with Gasteiger partial charge < -0.3 is 9.47 Å². The molecule has 1 aromatic rings. The molecule has 0 bridgehead atoms. The molecule has 0 N–H and O–H groups in total. The van der Waals surface area contributed by atoms with Crippen LogP contribution in [0, 0.1) is 6.92 Å². The van der Waals surface area contributed by atoms with Crippen molar-refractivity contribution in [2.45, 2.75) is 40.2 Å². The highest BCUT2D eigenvalue weighted by Gasteiger charge is 2.25. The Labute approximate surface area is 122 Å². The van der Waals surface area contributed by atoms with Crippen LogP contribution in [-0.2, 0) is 9.47 Å². The smallest absolute Gasteiger partial charge is 0.416 e. The quantitative estimate of drug-likeness (QED) is 0.803. The van der Waals surface area contributed by atoms with Gasteiger partial charge in [0.05, 0.1) is 12.3 Å². The highest BCUT2D eigenvalue weighted by atomic mass is 32.1. The standard InChI is InChI=1S/C13H20N2O4S/c1-7-18-10(16)9-8(2)14-11(20-9)15(6)12(17)19-13(3,4)5/h7H2,1-6H3. The lowest BCUT2D eigenvalue weighted by Crippen LogP contribution is -2.34. The van der Waals surface area contributed by atoms with Crippen molar-refractivity contribution in [1.82, 2.24) is 4.98 Å². The van der Waals surface area contributed by atoms with E-state index >= 15 is 0 Å². The van der Waals surface area contributed by atoms with Crippen molar-refractivity contribution in [2.24, 2.45) is 0 Å². The van der Waals surface area contributed by atoms with E-state index in [1.165, 1.54) is 4.90 Å². The van der Waals surface area contributed by atoms with Crippen molar-refractivity contribution in [3.8, 4) is 0 Å². The molecule has 20 heavy (non-hydrogen) atoms. The number of ether oxygens (including phenoxy) is 2. The van der Waals surface area contributed by atoms with Gasteiger partial charge in [-0.15, -0.1) is 0 Å². The molecular formula is C13H20N2O4S. The third-order valence-corrected chi connectivity index (χ3v) is 3.41. The van der Waals surface area contributed by atoms with Gasteiger partial charge in [-0.25, -0.2) is 14.6 Å². The first-order chi connectivity index (χ1) is 9.15. The molecule has 0 radical (unpaired) electrons. The number of anilines is 1. The van der Waals surface area contributed by atoms with Crippen LogP contribution in [0.1, 0.15) is 43.1 Å². The number of amides is 1. The number of aromatic nitrogens is 1. The predicted octanol–water partition coefficient (Wildman–Crippen LogP) is 3.00. The van der Waals surface area contributed by atoms with E-state index in [-0.39, 0.29) is 0 Å². The third kappa shape index (κ3) is 4.19. The predicted molar refractivity (Wildman–Crippen MR) is 77.4 cm³/mol. The molecule has 0 aromatic carbocycles. The van der Waals surface area contributed by atoms with Crippen LogP contribution in [0.25, 0.3) is 0 Å². The number of aryl methyl sites for hydroxylation is 1. The summed E-state index contributed by atoms with van der Waals surface area (Å²) in [4.78, 5) is 29.5. The summed E-state index contributed by atoms with van der Waals surface area (Å²) in [5.74, 6) is -0.425. The third-order valence-electron chi connectivity index (χ3n) is 2.20. The zero-order valence-corrected chi connectivity index (χ0v) is 13.5. The summed E-state index contributed by atoms with van der Waals surface area (Å²) < 4.78 is 10.2. The van der Waals surface area contributed by atoms with E-state index in [0.717, 1.165) is 11.3 Å². The summed E-state index contributed by atoms with van der Waals surface area (Å²) in [5, 5.41) is 0.403. The highest BCUT2D eigenvalue weighted by Crippen LogP contribution is 2.27. The number of thiazole rings is 1. The van der Waals surface area contributed by atoms with Crippen molar-refractivity contribution in [3.63, 3.8) is 0 Å². The SMILES string of the molecule is CCOC(=O)c1sc(N(C)C(=O)OC(C)(C)C)nc1C. The topological polar surface area (TPSA) is 68.7 Å². The normalized spacial score (nSPS) is 11.1. The molecule has 0 spiro atoms. The first-order valence-corrected chi connectivity index (χ1v) is 7.08. The van der Waals surface area contributed by atoms with Crippen molar-refractivity contribution in [1.29, 1.82) is 0 Å². The highest BCUT2D eigenvalue weighted by molar-refractivity contribution is 7.17. The lowest BCUT2D eigenvalue weighted by molar-refractivity contribution is 0.0529. The zero-order chi connectivity index (χ0) is 15.5. The van der Waals surface area contributed by atoms with E-state index in [1.807, 2.05) is 0 Å². The Morgan fingerprint density at radius 1 is 1.35 bits per heavy atom. The van der Waals surface area contributed by atoms with Gasteiger partial charge in [-0.2, -0.15) is 0 Å². The minimum atomic E-state index is -0.582. The molecule has 0 saturated carbocycles. The Balaban J connectivity index is 2.90. The molecule has 1 amide bonds. The molecule has 112 valence electrons. The molecule has 0 fully saturated rings. The van der Waals surface area contributed by atoms with Gasteiger partial charge in [-0.3, -0.25) is 4.90 Å². The molecule has 1 rings (SSSR count). The largest absolute Gasteiger partial charge is 0.462 e. The van der Waals surface area contributed by atoms with Crippen LogP contribution in [0.15, 0.2) is 0 Å². The zero-order valence-electron chi connectivity index (χ0n) is 12.6. The van der Waals surface area contributed by atoms with Crippen LogP contribution in [0.5, 0.6) is 0 Å². The number of hydrogen-bond acceptors (Lipinski definition) is 6. The summed E-state index contributed by atoms with van der Waals surface area (Å²) >= 11 is 1.11. The number of nitrogens with zero attached hydrogens (tertiary/aromatic N) is 2. The molecule has 0 aliphatic rings. The number of carbonyl (C=O) groups excluding carboxylic acids is 2. The Hall–Kier alpha value is -1.63. The number of rotatable bonds is 3. The van der Waals surface area contributed by atoms with Crippen LogP contribution in [-0.4, -0.2) is 36.3 Å². The molecule has 0 atom stereocenters. The summed E-state index contributed by atoms with van der Waals surface area (Å²) in [5.41, 5.74) is -0.0411. The molecule has 1 aromatic heterocycles. The molecule has 0 aliphatic heterocycles. The minimum absolute atomic E-state index is 0.299. The van der Waals surface area contributed by atoms with Gasteiger partial charge in [-0.05, 0) is 34.6 Å². The van der Waals surface area contributed by atoms with Crippen molar-refractivity contribution in [2.75, 3.05) is 18.6 Å². The second-order valence-corrected chi connectivity index (χ2v) is 6.15. The van der Waals surface area contributed by atoms with E-state index in [4.69, 9.17) is 9.47 Å². The maximum Gasteiger partial charge on any atom is 0.416 e. The fraction of sp³-hybridized carbons (Fsp3) is 0.615. The van der Waals surface area contributed by atoms with E-state index in [2.05, 4.69) is 4.98 Å². The molecule has 0 aliphatic carbocycles. The maximum absolute atomic E-state index is 11.9. The van der Waals surface area contributed by atoms with Crippen LogP contribution < -0.4 is 4.90 Å². The van der Waals surface area contributed by atoms with Crippen molar-refractivity contribution >= 4 is 28.5 Å². The number of hydrogen-bond donors (Lipinski definition) is 0. The van der Waals surface area contributed by atoms with Crippen LogP contribution in [0.4, 0.5) is 9.93 Å². The van der Waals surface area contributed by atoms with Gasteiger partial charge in [0.2, 0.25) is 0 Å². The fourth-order valence-corrected chi connectivity index (χ4v) is 2.23. The Bertz CT molecular complexity index is 505. The molecule has 0 unspecified atom stereocenters. The molecule has 6 nitrogen and oxygen atoms in total. The Morgan fingerprint density at radius 2 is 1.95 bits per heavy atom. The van der Waals surface area contributed by atoms with Gasteiger partial charge in [0.25, 0.3) is 0 Å². The Kier molecular flexibility index (Phi) is 5.10. The lowest BCUT2D eigenvalue weighted by Gasteiger charge is -2.23. The second-order valence-electron chi connectivity index (χ2n) is 5.17. The van der Waals surface area contributed by atoms with Gasteiger partial charge >= 0.3 is 12.1 Å². The van der Waals surface area contributed by atoms with Gasteiger partial charge in [0.15, 0.2) is 5.13 Å².